The molecule has 0 saturated carbocycles. The fourth-order valence-corrected chi connectivity index (χ4v) is 2.83. The van der Waals surface area contributed by atoms with Gasteiger partial charge in [0.05, 0.1) is 5.51 Å². The number of thiazole rings is 1. The van der Waals surface area contributed by atoms with E-state index in [-0.39, 0.29) is 0 Å². The van der Waals surface area contributed by atoms with E-state index in [0.29, 0.717) is 6.04 Å². The summed E-state index contributed by atoms with van der Waals surface area (Å²) >= 11 is 1.76. The number of hydrogen-bond acceptors (Lipinski definition) is 4. The van der Waals surface area contributed by atoms with Crippen LogP contribution in [-0.2, 0) is 6.54 Å². The number of hydrogen-bond donors (Lipinski definition) is 1. The molecule has 0 amide bonds. The second-order valence-electron chi connectivity index (χ2n) is 4.65. The second-order valence-corrected chi connectivity index (χ2v) is 5.62. The smallest absolute Gasteiger partial charge is 0.0794 e. The molecule has 2 rings (SSSR count). The minimum Gasteiger partial charge on any atom is -0.311 e. The molecule has 1 N–H and O–H groups in total. The highest BCUT2D eigenvalue weighted by Gasteiger charge is 2.23. The maximum Gasteiger partial charge on any atom is 0.0794 e. The van der Waals surface area contributed by atoms with Gasteiger partial charge in [0, 0.05) is 43.3 Å². The first-order valence-electron chi connectivity index (χ1n) is 6.12. The number of nitrogens with zero attached hydrogens (tertiary/aromatic N) is 2. The summed E-state index contributed by atoms with van der Waals surface area (Å²) in [5.74, 6) is 0.768. The molecule has 4 heteroatoms. The lowest BCUT2D eigenvalue weighted by atomic mass is 9.97. The van der Waals surface area contributed by atoms with Gasteiger partial charge < -0.3 is 5.32 Å². The number of nitrogens with one attached hydrogen (secondary N) is 1. The van der Waals surface area contributed by atoms with Gasteiger partial charge in [0.15, 0.2) is 0 Å². The average molecular weight is 239 g/mol. The molecule has 1 aromatic heterocycles. The van der Waals surface area contributed by atoms with Crippen molar-refractivity contribution < 1.29 is 0 Å². The Morgan fingerprint density at radius 2 is 2.56 bits per heavy atom. The van der Waals surface area contributed by atoms with E-state index >= 15 is 0 Å². The van der Waals surface area contributed by atoms with Crippen molar-refractivity contribution in [2.45, 2.75) is 32.9 Å². The van der Waals surface area contributed by atoms with Crippen LogP contribution in [0, 0.1) is 5.92 Å². The Hall–Kier alpha value is -0.450. The molecule has 0 spiro atoms. The first-order valence-corrected chi connectivity index (χ1v) is 7.00. The predicted molar refractivity (Wildman–Crippen MR) is 68.6 cm³/mol. The summed E-state index contributed by atoms with van der Waals surface area (Å²) in [5, 5.41) is 3.63. The summed E-state index contributed by atoms with van der Waals surface area (Å²) in [5.41, 5.74) is 1.92. The van der Waals surface area contributed by atoms with Gasteiger partial charge in [0.1, 0.15) is 0 Å². The summed E-state index contributed by atoms with van der Waals surface area (Å²) < 4.78 is 0. The first-order chi connectivity index (χ1) is 7.79. The Labute approximate surface area is 102 Å². The average Bonchev–Trinajstić information content (AvgIpc) is 2.81. The van der Waals surface area contributed by atoms with Gasteiger partial charge >= 0.3 is 0 Å². The summed E-state index contributed by atoms with van der Waals surface area (Å²) in [7, 11) is 0. The third kappa shape index (κ3) is 3.03. The highest BCUT2D eigenvalue weighted by atomic mass is 32.1. The third-order valence-electron chi connectivity index (χ3n) is 3.48. The van der Waals surface area contributed by atoms with E-state index in [1.165, 1.54) is 17.8 Å². The summed E-state index contributed by atoms with van der Waals surface area (Å²) in [6.07, 6.45) is 3.25. The van der Waals surface area contributed by atoms with E-state index < -0.39 is 0 Å². The van der Waals surface area contributed by atoms with Gasteiger partial charge in [0.2, 0.25) is 0 Å². The number of rotatable bonds is 4. The Balaban J connectivity index is 1.87. The Kier molecular flexibility index (Phi) is 4.32. The van der Waals surface area contributed by atoms with Crippen molar-refractivity contribution in [3.63, 3.8) is 0 Å². The predicted octanol–water partition coefficient (Wildman–Crippen LogP) is 1.96. The summed E-state index contributed by atoms with van der Waals surface area (Å²) in [6.45, 7) is 9.13. The first kappa shape index (κ1) is 12.0. The molecule has 1 saturated heterocycles. The van der Waals surface area contributed by atoms with Crippen molar-refractivity contribution in [2.24, 2.45) is 5.92 Å². The minimum absolute atomic E-state index is 0.659. The van der Waals surface area contributed by atoms with E-state index in [1.807, 2.05) is 11.7 Å². The monoisotopic (exact) mass is 239 g/mol. The van der Waals surface area contributed by atoms with E-state index in [1.54, 1.807) is 11.3 Å². The van der Waals surface area contributed by atoms with Crippen molar-refractivity contribution in [2.75, 3.05) is 19.6 Å². The van der Waals surface area contributed by atoms with Crippen LogP contribution in [0.4, 0.5) is 0 Å². The molecule has 90 valence electrons. The Morgan fingerprint density at radius 3 is 3.25 bits per heavy atom. The largest absolute Gasteiger partial charge is 0.311 e. The highest BCUT2D eigenvalue weighted by molar-refractivity contribution is 7.09. The van der Waals surface area contributed by atoms with Gasteiger partial charge in [-0.2, -0.15) is 0 Å². The summed E-state index contributed by atoms with van der Waals surface area (Å²) in [4.78, 5) is 8.06. The number of piperazine rings is 1. The Morgan fingerprint density at radius 1 is 1.69 bits per heavy atom. The quantitative estimate of drug-likeness (QED) is 0.870. The molecule has 0 bridgehead atoms. The van der Waals surface area contributed by atoms with E-state index in [0.717, 1.165) is 25.6 Å². The maximum absolute atomic E-state index is 4.13. The van der Waals surface area contributed by atoms with Crippen LogP contribution in [0.15, 0.2) is 11.7 Å². The summed E-state index contributed by atoms with van der Waals surface area (Å²) in [6, 6.07) is 0.659. The highest BCUT2D eigenvalue weighted by Crippen LogP contribution is 2.15. The molecule has 0 radical (unpaired) electrons. The lowest BCUT2D eigenvalue weighted by Crippen LogP contribution is -2.52. The second kappa shape index (κ2) is 5.75. The van der Waals surface area contributed by atoms with Gasteiger partial charge in [-0.05, 0) is 5.92 Å². The van der Waals surface area contributed by atoms with E-state index in [4.69, 9.17) is 0 Å². The fraction of sp³-hybridized carbons (Fsp3) is 0.750. The molecule has 0 aliphatic carbocycles. The normalized spacial score (nSPS) is 24.5. The zero-order valence-corrected chi connectivity index (χ0v) is 11.0. The molecule has 3 nitrogen and oxygen atoms in total. The van der Waals surface area contributed by atoms with Crippen LogP contribution in [0.25, 0.3) is 0 Å². The van der Waals surface area contributed by atoms with E-state index in [2.05, 4.69) is 29.0 Å². The molecule has 1 fully saturated rings. The van der Waals surface area contributed by atoms with Crippen LogP contribution in [-0.4, -0.2) is 35.6 Å². The lowest BCUT2D eigenvalue weighted by Gasteiger charge is -2.36. The fourth-order valence-electron chi connectivity index (χ4n) is 2.19. The number of aromatic nitrogens is 1. The molecular formula is C12H21N3S. The molecule has 1 aliphatic heterocycles. The van der Waals surface area contributed by atoms with Gasteiger partial charge in [-0.25, -0.2) is 0 Å². The maximum atomic E-state index is 4.13. The minimum atomic E-state index is 0.659. The van der Waals surface area contributed by atoms with Gasteiger partial charge in [-0.1, -0.05) is 20.3 Å². The molecule has 0 aromatic carbocycles. The molecule has 2 atom stereocenters. The van der Waals surface area contributed by atoms with Gasteiger partial charge in [-0.3, -0.25) is 9.88 Å². The van der Waals surface area contributed by atoms with Crippen LogP contribution in [0.5, 0.6) is 0 Å². The van der Waals surface area contributed by atoms with Gasteiger partial charge in [0.25, 0.3) is 0 Å². The van der Waals surface area contributed by atoms with Crippen LogP contribution in [0.2, 0.25) is 0 Å². The van der Waals surface area contributed by atoms with Crippen molar-refractivity contribution in [1.82, 2.24) is 15.2 Å². The molecule has 1 aromatic rings. The third-order valence-corrected chi connectivity index (χ3v) is 4.25. The SMILES string of the molecule is CCC(C)C1CN(Cc2cncs2)CCN1. The zero-order valence-electron chi connectivity index (χ0n) is 10.1. The van der Waals surface area contributed by atoms with Crippen molar-refractivity contribution in [3.8, 4) is 0 Å². The molecule has 2 unspecified atom stereocenters. The van der Waals surface area contributed by atoms with Crippen LogP contribution >= 0.6 is 11.3 Å². The lowest BCUT2D eigenvalue weighted by molar-refractivity contribution is 0.163. The topological polar surface area (TPSA) is 28.2 Å². The molecular weight excluding hydrogens is 218 g/mol. The molecule has 1 aliphatic rings. The standard InChI is InChI=1S/C12H21N3S/c1-3-10(2)12-8-15(5-4-14-12)7-11-6-13-9-16-11/h6,9-10,12,14H,3-5,7-8H2,1-2H3. The molecule has 2 heterocycles. The zero-order chi connectivity index (χ0) is 11.4. The van der Waals surface area contributed by atoms with Gasteiger partial charge in [-0.15, -0.1) is 11.3 Å². The van der Waals surface area contributed by atoms with Crippen LogP contribution in [0.1, 0.15) is 25.1 Å². The molecule has 16 heavy (non-hydrogen) atoms. The van der Waals surface area contributed by atoms with Crippen molar-refractivity contribution >= 4 is 11.3 Å². The van der Waals surface area contributed by atoms with Crippen LogP contribution in [0.3, 0.4) is 0 Å². The van der Waals surface area contributed by atoms with Crippen LogP contribution < -0.4 is 5.32 Å². The van der Waals surface area contributed by atoms with Crippen molar-refractivity contribution in [1.29, 1.82) is 0 Å². The Bertz CT molecular complexity index is 299. The van der Waals surface area contributed by atoms with Crippen molar-refractivity contribution in [3.05, 3.63) is 16.6 Å². The van der Waals surface area contributed by atoms with E-state index in [9.17, 15) is 0 Å².